The molecule has 1 aliphatic heterocycles. The number of nitrogens with zero attached hydrogens (tertiary/aromatic N) is 2. The standard InChI is InChI=1S/C28H32N2O2.C4H4O4/c1-31-26-16-15-23(27(22-26)32-2)14-9-17-29-18-20-30(21-19-29)28(24-10-5-3-6-11-24)25-12-7-4-8-13-25;5-3(6)1-2-4(7)8/h3-16,22,28H,17-21H2,1-2H3;1-2H,(H,5,6)(H,7,8)/b;2-1+. The molecule has 8 heteroatoms. The lowest BCUT2D eigenvalue weighted by Crippen LogP contribution is -2.47. The highest BCUT2D eigenvalue weighted by molar-refractivity contribution is 5.89. The van der Waals surface area contributed by atoms with E-state index in [0.29, 0.717) is 18.2 Å². The van der Waals surface area contributed by atoms with E-state index in [1.807, 2.05) is 18.2 Å². The minimum Gasteiger partial charge on any atom is -0.497 e. The van der Waals surface area contributed by atoms with E-state index in [2.05, 4.69) is 82.6 Å². The molecule has 2 N–H and O–H groups in total. The molecule has 40 heavy (non-hydrogen) atoms. The maximum atomic E-state index is 9.55. The number of hydrogen-bond acceptors (Lipinski definition) is 6. The van der Waals surface area contributed by atoms with Crippen molar-refractivity contribution in [3.63, 3.8) is 0 Å². The van der Waals surface area contributed by atoms with Gasteiger partial charge in [-0.1, -0.05) is 72.8 Å². The van der Waals surface area contributed by atoms with Gasteiger partial charge in [0, 0.05) is 56.5 Å². The summed E-state index contributed by atoms with van der Waals surface area (Å²) in [5, 5.41) is 15.6. The van der Waals surface area contributed by atoms with Gasteiger partial charge in [-0.3, -0.25) is 9.80 Å². The summed E-state index contributed by atoms with van der Waals surface area (Å²) in [6.07, 6.45) is 5.48. The predicted molar refractivity (Wildman–Crippen MR) is 156 cm³/mol. The van der Waals surface area contributed by atoms with Gasteiger partial charge >= 0.3 is 11.9 Å². The van der Waals surface area contributed by atoms with Crippen molar-refractivity contribution in [3.8, 4) is 11.5 Å². The van der Waals surface area contributed by atoms with E-state index in [0.717, 1.165) is 49.8 Å². The van der Waals surface area contributed by atoms with Crippen molar-refractivity contribution in [2.24, 2.45) is 0 Å². The molecule has 0 unspecified atom stereocenters. The Morgan fingerprint density at radius 1 is 0.800 bits per heavy atom. The van der Waals surface area contributed by atoms with E-state index in [1.165, 1.54) is 11.1 Å². The second-order valence-electron chi connectivity index (χ2n) is 9.08. The maximum Gasteiger partial charge on any atom is 0.328 e. The second kappa shape index (κ2) is 15.9. The van der Waals surface area contributed by atoms with Crippen LogP contribution in [-0.2, 0) is 9.59 Å². The van der Waals surface area contributed by atoms with Gasteiger partial charge in [-0.05, 0) is 23.3 Å². The molecule has 0 radical (unpaired) electrons. The van der Waals surface area contributed by atoms with Gasteiger partial charge in [0.25, 0.3) is 0 Å². The van der Waals surface area contributed by atoms with Crippen molar-refractivity contribution in [3.05, 3.63) is 114 Å². The number of rotatable bonds is 10. The molecule has 1 saturated heterocycles. The third kappa shape index (κ3) is 9.41. The van der Waals surface area contributed by atoms with Crippen molar-refractivity contribution >= 4 is 18.0 Å². The summed E-state index contributed by atoms with van der Waals surface area (Å²) in [4.78, 5) is 24.2. The van der Waals surface area contributed by atoms with E-state index in [9.17, 15) is 9.59 Å². The number of ether oxygens (including phenoxy) is 2. The zero-order valence-corrected chi connectivity index (χ0v) is 22.8. The Bertz CT molecular complexity index is 1210. The number of hydrogen-bond donors (Lipinski definition) is 2. The van der Waals surface area contributed by atoms with Crippen LogP contribution in [0.1, 0.15) is 22.7 Å². The highest BCUT2D eigenvalue weighted by Crippen LogP contribution is 2.29. The Labute approximate surface area is 235 Å². The number of benzene rings is 3. The van der Waals surface area contributed by atoms with Gasteiger partial charge < -0.3 is 19.7 Å². The average Bonchev–Trinajstić information content (AvgIpc) is 2.98. The quantitative estimate of drug-likeness (QED) is 0.350. The van der Waals surface area contributed by atoms with Crippen LogP contribution in [0.4, 0.5) is 0 Å². The smallest absolute Gasteiger partial charge is 0.328 e. The summed E-state index contributed by atoms with van der Waals surface area (Å²) >= 11 is 0. The van der Waals surface area contributed by atoms with E-state index in [1.54, 1.807) is 14.2 Å². The normalized spacial score (nSPS) is 14.2. The first-order valence-electron chi connectivity index (χ1n) is 13.0. The molecule has 1 heterocycles. The monoisotopic (exact) mass is 544 g/mol. The highest BCUT2D eigenvalue weighted by atomic mass is 16.5. The fourth-order valence-electron chi connectivity index (χ4n) is 4.52. The Hall–Kier alpha value is -4.40. The third-order valence-electron chi connectivity index (χ3n) is 6.47. The van der Waals surface area contributed by atoms with Crippen LogP contribution in [0.15, 0.2) is 97.1 Å². The molecule has 4 rings (SSSR count). The topological polar surface area (TPSA) is 99.5 Å². The molecule has 0 amide bonds. The first kappa shape index (κ1) is 30.1. The SMILES string of the molecule is COc1ccc(C=CCN2CCN(C(c3ccccc3)c3ccccc3)CC2)c(OC)c1.O=C(O)/C=C/C(=O)O. The number of aliphatic carboxylic acids is 2. The Kier molecular flexibility index (Phi) is 12.0. The lowest BCUT2D eigenvalue weighted by molar-refractivity contribution is -0.134. The lowest BCUT2D eigenvalue weighted by atomic mass is 9.96. The molecule has 0 bridgehead atoms. The molecule has 210 valence electrons. The van der Waals surface area contributed by atoms with Crippen LogP contribution < -0.4 is 9.47 Å². The highest BCUT2D eigenvalue weighted by Gasteiger charge is 2.25. The maximum absolute atomic E-state index is 9.55. The van der Waals surface area contributed by atoms with Crippen molar-refractivity contribution in [2.45, 2.75) is 6.04 Å². The number of methoxy groups -OCH3 is 2. The largest absolute Gasteiger partial charge is 0.497 e. The number of carboxylic acids is 2. The van der Waals surface area contributed by atoms with Crippen molar-refractivity contribution in [2.75, 3.05) is 46.9 Å². The van der Waals surface area contributed by atoms with Crippen LogP contribution in [0.3, 0.4) is 0 Å². The minimum atomic E-state index is -1.26. The molecule has 3 aromatic rings. The molecule has 8 nitrogen and oxygen atoms in total. The molecule has 3 aromatic carbocycles. The Morgan fingerprint density at radius 2 is 1.35 bits per heavy atom. The van der Waals surface area contributed by atoms with E-state index in [-0.39, 0.29) is 0 Å². The molecule has 0 aliphatic carbocycles. The zero-order chi connectivity index (χ0) is 28.7. The van der Waals surface area contributed by atoms with Crippen LogP contribution in [0.2, 0.25) is 0 Å². The lowest BCUT2D eigenvalue weighted by Gasteiger charge is -2.39. The summed E-state index contributed by atoms with van der Waals surface area (Å²) in [6.45, 7) is 5.15. The van der Waals surface area contributed by atoms with E-state index in [4.69, 9.17) is 19.7 Å². The van der Waals surface area contributed by atoms with Gasteiger partial charge in [-0.15, -0.1) is 0 Å². The number of carboxylic acid groups (broad SMARTS) is 2. The molecule has 0 aromatic heterocycles. The first-order valence-corrected chi connectivity index (χ1v) is 13.0. The molecule has 0 atom stereocenters. The molecule has 0 spiro atoms. The van der Waals surface area contributed by atoms with Crippen LogP contribution >= 0.6 is 0 Å². The van der Waals surface area contributed by atoms with Crippen LogP contribution in [0, 0.1) is 0 Å². The van der Waals surface area contributed by atoms with Gasteiger partial charge in [0.15, 0.2) is 0 Å². The van der Waals surface area contributed by atoms with Crippen molar-refractivity contribution < 1.29 is 29.3 Å². The van der Waals surface area contributed by atoms with E-state index >= 15 is 0 Å². The fraction of sp³-hybridized carbons (Fsp3) is 0.250. The molecular formula is C32H36N2O6. The first-order chi connectivity index (χ1) is 19.4. The van der Waals surface area contributed by atoms with Crippen molar-refractivity contribution in [1.82, 2.24) is 9.80 Å². The third-order valence-corrected chi connectivity index (χ3v) is 6.47. The second-order valence-corrected chi connectivity index (χ2v) is 9.08. The van der Waals surface area contributed by atoms with Crippen LogP contribution in [0.25, 0.3) is 6.08 Å². The summed E-state index contributed by atoms with van der Waals surface area (Å²) < 4.78 is 10.8. The molecular weight excluding hydrogens is 508 g/mol. The van der Waals surface area contributed by atoms with Gasteiger partial charge in [0.05, 0.1) is 20.3 Å². The summed E-state index contributed by atoms with van der Waals surface area (Å²) in [5.74, 6) is -0.875. The Balaban J connectivity index is 0.000000482. The predicted octanol–water partition coefficient (Wildman–Crippen LogP) is 4.84. The Morgan fingerprint density at radius 3 is 1.82 bits per heavy atom. The van der Waals surface area contributed by atoms with Gasteiger partial charge in [-0.25, -0.2) is 9.59 Å². The minimum absolute atomic E-state index is 0.304. The number of carbonyl (C=O) groups is 2. The van der Waals surface area contributed by atoms with Crippen LogP contribution in [-0.4, -0.2) is 78.9 Å². The zero-order valence-electron chi connectivity index (χ0n) is 22.8. The van der Waals surface area contributed by atoms with Crippen molar-refractivity contribution in [1.29, 1.82) is 0 Å². The average molecular weight is 545 g/mol. The summed E-state index contributed by atoms with van der Waals surface area (Å²) in [6, 6.07) is 27.9. The van der Waals surface area contributed by atoms with Gasteiger partial charge in [-0.2, -0.15) is 0 Å². The van der Waals surface area contributed by atoms with Gasteiger partial charge in [0.2, 0.25) is 0 Å². The summed E-state index contributed by atoms with van der Waals surface area (Å²) in [7, 11) is 3.37. The van der Waals surface area contributed by atoms with Gasteiger partial charge in [0.1, 0.15) is 11.5 Å². The molecule has 1 aliphatic rings. The number of piperazine rings is 1. The molecule has 1 fully saturated rings. The fourth-order valence-corrected chi connectivity index (χ4v) is 4.52. The molecule has 0 saturated carbocycles. The van der Waals surface area contributed by atoms with E-state index < -0.39 is 11.9 Å². The van der Waals surface area contributed by atoms with Crippen LogP contribution in [0.5, 0.6) is 11.5 Å². The summed E-state index contributed by atoms with van der Waals surface area (Å²) in [5.41, 5.74) is 3.79.